The van der Waals surface area contributed by atoms with Gasteiger partial charge in [-0.2, -0.15) is 0 Å². The summed E-state index contributed by atoms with van der Waals surface area (Å²) in [6, 6.07) is 14.3. The van der Waals surface area contributed by atoms with Gasteiger partial charge in [-0.25, -0.2) is 0 Å². The van der Waals surface area contributed by atoms with Crippen LogP contribution in [0.25, 0.3) is 10.9 Å². The molecule has 0 amide bonds. The van der Waals surface area contributed by atoms with Gasteiger partial charge in [0.2, 0.25) is 0 Å². The van der Waals surface area contributed by atoms with Crippen LogP contribution in [0.5, 0.6) is 5.75 Å². The fraction of sp³-hybridized carbons (Fsp3) is 0.304. The van der Waals surface area contributed by atoms with Gasteiger partial charge >= 0.3 is 180 Å². The van der Waals surface area contributed by atoms with Crippen LogP contribution in [0.4, 0.5) is 0 Å². The number of pyridine rings is 1. The summed E-state index contributed by atoms with van der Waals surface area (Å²) in [4.78, 5) is 17.6. The minimum absolute atomic E-state index is 0.0236. The molecule has 0 N–H and O–H groups in total. The van der Waals surface area contributed by atoms with Crippen LogP contribution in [0.3, 0.4) is 0 Å². The molecule has 0 spiro atoms. The van der Waals surface area contributed by atoms with E-state index in [0.29, 0.717) is 12.3 Å². The normalized spacial score (nSPS) is 11.5. The molecule has 0 fully saturated rings. The third kappa shape index (κ3) is 4.55. The standard InChI is InChI=1S/C23H27NO3SeSi/c1-7-27-23(25)20-22(29(4,5)6)21(28-19-11-9-8-10-15(19)2)17-14-16(26-3)12-13-18(17)24-20/h8-14H,7H2,1-6H3. The van der Waals surface area contributed by atoms with Crippen LogP contribution >= 0.6 is 0 Å². The van der Waals surface area contributed by atoms with Crippen LogP contribution in [0.1, 0.15) is 23.0 Å². The second-order valence-electron chi connectivity index (χ2n) is 7.89. The van der Waals surface area contributed by atoms with Crippen molar-refractivity contribution in [1.29, 1.82) is 0 Å². The summed E-state index contributed by atoms with van der Waals surface area (Å²) in [5, 5.41) is 2.16. The molecule has 3 rings (SSSR count). The van der Waals surface area contributed by atoms with Gasteiger partial charge in [0.15, 0.2) is 0 Å². The number of ether oxygens (including phenoxy) is 2. The summed E-state index contributed by atoms with van der Waals surface area (Å²) < 4.78 is 13.4. The van der Waals surface area contributed by atoms with Crippen molar-refractivity contribution < 1.29 is 14.3 Å². The van der Waals surface area contributed by atoms with Crippen LogP contribution in [0, 0.1) is 6.92 Å². The third-order valence-electron chi connectivity index (χ3n) is 4.67. The van der Waals surface area contributed by atoms with Gasteiger partial charge in [0.1, 0.15) is 0 Å². The summed E-state index contributed by atoms with van der Waals surface area (Å²) in [5.41, 5.74) is 2.55. The first kappa shape index (κ1) is 21.6. The van der Waals surface area contributed by atoms with E-state index in [2.05, 4.69) is 56.9 Å². The van der Waals surface area contributed by atoms with Gasteiger partial charge < -0.3 is 0 Å². The molecule has 4 nitrogen and oxygen atoms in total. The molecule has 0 saturated heterocycles. The number of aromatic nitrogens is 1. The Morgan fingerprint density at radius 2 is 1.86 bits per heavy atom. The number of hydrogen-bond donors (Lipinski definition) is 0. The van der Waals surface area contributed by atoms with E-state index in [9.17, 15) is 4.79 Å². The molecule has 0 aliphatic carbocycles. The van der Waals surface area contributed by atoms with Crippen molar-refractivity contribution in [2.24, 2.45) is 0 Å². The van der Waals surface area contributed by atoms with Crippen molar-refractivity contribution in [1.82, 2.24) is 4.98 Å². The Morgan fingerprint density at radius 3 is 2.48 bits per heavy atom. The number of hydrogen-bond acceptors (Lipinski definition) is 4. The number of esters is 1. The first-order valence-electron chi connectivity index (χ1n) is 9.69. The van der Waals surface area contributed by atoms with E-state index in [1.165, 1.54) is 14.5 Å². The molecule has 0 saturated carbocycles. The Bertz CT molecular complexity index is 1060. The SMILES string of the molecule is CCOC(=O)c1nc2ccc(OC)cc2c([Se]c2ccccc2C)c1[Si](C)(C)C. The molecule has 0 aliphatic rings. The molecular weight excluding hydrogens is 445 g/mol. The van der Waals surface area contributed by atoms with E-state index in [1.54, 1.807) is 7.11 Å². The number of fused-ring (bicyclic) bond motifs is 1. The third-order valence-corrected chi connectivity index (χ3v) is 9.80. The van der Waals surface area contributed by atoms with Gasteiger partial charge in [-0.3, -0.25) is 0 Å². The Kier molecular flexibility index (Phi) is 6.47. The van der Waals surface area contributed by atoms with Crippen molar-refractivity contribution >= 4 is 54.0 Å². The average Bonchev–Trinajstić information content (AvgIpc) is 2.68. The van der Waals surface area contributed by atoms with Crippen LogP contribution in [0.2, 0.25) is 19.6 Å². The molecule has 0 bridgehead atoms. The molecule has 29 heavy (non-hydrogen) atoms. The second kappa shape index (κ2) is 8.70. The molecule has 152 valence electrons. The number of methoxy groups -OCH3 is 1. The zero-order valence-corrected chi connectivity index (χ0v) is 20.5. The Hall–Kier alpha value is -2.14. The fourth-order valence-corrected chi connectivity index (χ4v) is 9.39. The first-order valence-corrected chi connectivity index (χ1v) is 14.9. The molecule has 1 aromatic heterocycles. The Labute approximate surface area is 179 Å². The maximum absolute atomic E-state index is 12.9. The molecule has 0 atom stereocenters. The summed E-state index contributed by atoms with van der Waals surface area (Å²) in [6.45, 7) is 11.1. The van der Waals surface area contributed by atoms with E-state index in [1.807, 2.05) is 19.1 Å². The van der Waals surface area contributed by atoms with Crippen LogP contribution < -0.4 is 18.8 Å². The molecule has 6 heteroatoms. The Morgan fingerprint density at radius 1 is 1.14 bits per heavy atom. The number of aryl methyl sites for hydroxylation is 1. The minimum atomic E-state index is -1.92. The number of nitrogens with zero attached hydrogens (tertiary/aromatic N) is 1. The van der Waals surface area contributed by atoms with Gasteiger partial charge in [0.25, 0.3) is 0 Å². The van der Waals surface area contributed by atoms with Crippen molar-refractivity contribution in [2.45, 2.75) is 33.5 Å². The van der Waals surface area contributed by atoms with E-state index in [4.69, 9.17) is 14.5 Å². The van der Waals surface area contributed by atoms with Crippen molar-refractivity contribution in [3.05, 3.63) is 53.7 Å². The van der Waals surface area contributed by atoms with Crippen LogP contribution in [0.15, 0.2) is 42.5 Å². The van der Waals surface area contributed by atoms with Crippen LogP contribution in [-0.4, -0.2) is 47.7 Å². The number of rotatable bonds is 6. The molecule has 1 heterocycles. The van der Waals surface area contributed by atoms with Gasteiger partial charge in [0.05, 0.1) is 0 Å². The van der Waals surface area contributed by atoms with E-state index >= 15 is 0 Å². The maximum atomic E-state index is 12.9. The molecule has 0 aliphatic heterocycles. The quantitative estimate of drug-likeness (QED) is 0.409. The summed E-state index contributed by atoms with van der Waals surface area (Å²) in [5.74, 6) is 0.469. The summed E-state index contributed by atoms with van der Waals surface area (Å²) >= 11 is 0.0236. The fourth-order valence-electron chi connectivity index (χ4n) is 3.27. The van der Waals surface area contributed by atoms with Crippen molar-refractivity contribution in [3.8, 4) is 5.75 Å². The van der Waals surface area contributed by atoms with Gasteiger partial charge in [-0.1, -0.05) is 0 Å². The number of carbonyl (C=O) groups excluding carboxylic acids is 1. The summed E-state index contributed by atoms with van der Waals surface area (Å²) in [7, 11) is -0.245. The second-order valence-corrected chi connectivity index (χ2v) is 15.1. The van der Waals surface area contributed by atoms with Crippen molar-refractivity contribution in [3.63, 3.8) is 0 Å². The molecule has 0 radical (unpaired) electrons. The zero-order valence-electron chi connectivity index (χ0n) is 17.8. The molecule has 0 unspecified atom stereocenters. The van der Waals surface area contributed by atoms with E-state index in [0.717, 1.165) is 21.8 Å². The zero-order chi connectivity index (χ0) is 21.2. The van der Waals surface area contributed by atoms with E-state index in [-0.39, 0.29) is 20.9 Å². The molecular formula is C23H27NO3SeSi. The topological polar surface area (TPSA) is 48.4 Å². The number of benzene rings is 2. The average molecular weight is 473 g/mol. The van der Waals surface area contributed by atoms with Crippen LogP contribution in [-0.2, 0) is 4.74 Å². The number of carbonyl (C=O) groups is 1. The predicted octanol–water partition coefficient (Wildman–Crippen LogP) is 2.93. The monoisotopic (exact) mass is 473 g/mol. The van der Waals surface area contributed by atoms with E-state index < -0.39 is 8.07 Å². The molecule has 3 aromatic rings. The first-order chi connectivity index (χ1) is 13.8. The van der Waals surface area contributed by atoms with Gasteiger partial charge in [-0.05, 0) is 0 Å². The molecule has 2 aromatic carbocycles. The van der Waals surface area contributed by atoms with Gasteiger partial charge in [-0.15, -0.1) is 0 Å². The Balaban J connectivity index is 2.38. The van der Waals surface area contributed by atoms with Gasteiger partial charge in [0, 0.05) is 0 Å². The summed E-state index contributed by atoms with van der Waals surface area (Å²) in [6.07, 6.45) is 0. The predicted molar refractivity (Wildman–Crippen MR) is 123 cm³/mol. The van der Waals surface area contributed by atoms with Crippen molar-refractivity contribution in [2.75, 3.05) is 13.7 Å².